The van der Waals surface area contributed by atoms with E-state index in [1.54, 1.807) is 0 Å². The Morgan fingerprint density at radius 1 is 1.03 bits per heavy atom. The number of Topliss-reactive ketones (excluding diaryl/α,β-unsaturated/α-hetero) is 1. The van der Waals surface area contributed by atoms with Crippen LogP contribution in [0.5, 0.6) is 0 Å². The minimum atomic E-state index is -0.933. The van der Waals surface area contributed by atoms with E-state index < -0.39 is 48.5 Å². The van der Waals surface area contributed by atoms with E-state index in [4.69, 9.17) is 18.9 Å². The van der Waals surface area contributed by atoms with E-state index in [0.717, 1.165) is 0 Å². The zero-order valence-electron chi connectivity index (χ0n) is 17.6. The summed E-state index contributed by atoms with van der Waals surface area (Å²) in [6.45, 7) is 7.66. The van der Waals surface area contributed by atoms with Crippen LogP contribution < -0.4 is 0 Å². The highest BCUT2D eigenvalue weighted by atomic mass is 16.7. The Bertz CT molecular complexity index is 628. The lowest BCUT2D eigenvalue weighted by atomic mass is 9.76. The van der Waals surface area contributed by atoms with Gasteiger partial charge in [-0.2, -0.15) is 0 Å². The normalized spacial score (nSPS) is 55.2. The van der Waals surface area contributed by atoms with Crippen molar-refractivity contribution >= 4 is 5.78 Å². The zero-order chi connectivity index (χ0) is 21.1. The number of carbonyl (C=O) groups is 1. The summed E-state index contributed by atoms with van der Waals surface area (Å²) in [6.07, 6.45) is -3.83. The Morgan fingerprint density at radius 3 is 2.38 bits per heavy atom. The number of aliphatic hydroxyl groups excluding tert-OH is 3. The van der Waals surface area contributed by atoms with Crippen LogP contribution in [-0.2, 0) is 23.7 Å². The van der Waals surface area contributed by atoms with Gasteiger partial charge in [0.15, 0.2) is 5.79 Å². The number of fused-ring (bicyclic) bond motifs is 2. The van der Waals surface area contributed by atoms with Crippen LogP contribution in [0.3, 0.4) is 0 Å². The summed E-state index contributed by atoms with van der Waals surface area (Å²) in [5, 5.41) is 31.8. The fourth-order valence-corrected chi connectivity index (χ4v) is 5.60. The van der Waals surface area contributed by atoms with Crippen LogP contribution >= 0.6 is 0 Å². The number of hydrogen-bond donors (Lipinski definition) is 3. The molecule has 4 aliphatic rings. The van der Waals surface area contributed by atoms with E-state index in [9.17, 15) is 20.1 Å². The van der Waals surface area contributed by atoms with Crippen molar-refractivity contribution in [3.05, 3.63) is 0 Å². The topological polar surface area (TPSA) is 115 Å². The number of ketones is 1. The van der Waals surface area contributed by atoms with E-state index >= 15 is 0 Å². The maximum Gasteiger partial charge on any atom is 0.174 e. The second-order valence-corrected chi connectivity index (χ2v) is 9.55. The average Bonchev–Trinajstić information content (AvgIpc) is 3.00. The van der Waals surface area contributed by atoms with Gasteiger partial charge in [-0.15, -0.1) is 0 Å². The lowest BCUT2D eigenvalue weighted by molar-refractivity contribution is -0.338. The summed E-state index contributed by atoms with van der Waals surface area (Å²) >= 11 is 0. The number of hydrogen-bond acceptors (Lipinski definition) is 8. The third kappa shape index (κ3) is 3.67. The Balaban J connectivity index is 1.60. The maximum absolute atomic E-state index is 11.6. The molecule has 3 N–H and O–H groups in total. The molecule has 4 rings (SSSR count). The van der Waals surface area contributed by atoms with Gasteiger partial charge in [-0.05, 0) is 12.8 Å². The predicted molar refractivity (Wildman–Crippen MR) is 101 cm³/mol. The van der Waals surface area contributed by atoms with Crippen molar-refractivity contribution in [3.63, 3.8) is 0 Å². The molecule has 8 heteroatoms. The monoisotopic (exact) mass is 414 g/mol. The lowest BCUT2D eigenvalue weighted by Crippen LogP contribution is -2.61. The van der Waals surface area contributed by atoms with Crippen LogP contribution in [0.2, 0.25) is 0 Å². The number of ether oxygens (including phenoxy) is 4. The highest BCUT2D eigenvalue weighted by Crippen LogP contribution is 2.49. The molecule has 4 heterocycles. The van der Waals surface area contributed by atoms with Gasteiger partial charge in [0, 0.05) is 31.1 Å². The lowest BCUT2D eigenvalue weighted by Gasteiger charge is -2.50. The van der Waals surface area contributed by atoms with Gasteiger partial charge in [-0.1, -0.05) is 20.8 Å². The molecule has 0 aromatic rings. The summed E-state index contributed by atoms with van der Waals surface area (Å²) in [7, 11) is 0. The van der Waals surface area contributed by atoms with Gasteiger partial charge in [0.05, 0.1) is 49.3 Å². The highest BCUT2D eigenvalue weighted by Gasteiger charge is 2.60. The van der Waals surface area contributed by atoms with Crippen molar-refractivity contribution in [2.75, 3.05) is 6.61 Å². The van der Waals surface area contributed by atoms with Crippen molar-refractivity contribution in [1.82, 2.24) is 0 Å². The predicted octanol–water partition coefficient (Wildman–Crippen LogP) is 0.397. The molecule has 0 radical (unpaired) electrons. The standard InChI is InChI=1S/C21H34O8/c1-9(22)5-15-14(24)6-16-18(27-15)11(3)17(25)20-19(28-16)10(2)12(4)21(29-20)7-13(23)8-26-21/h10-20,23-25H,5-8H2,1-4H3/t10-,11-,12-,13-,14+,15?,16-,17-,18+,19+,20-,21+/m0/s1. The van der Waals surface area contributed by atoms with Gasteiger partial charge in [-0.25, -0.2) is 0 Å². The van der Waals surface area contributed by atoms with Crippen molar-refractivity contribution in [1.29, 1.82) is 0 Å². The van der Waals surface area contributed by atoms with Gasteiger partial charge in [0.2, 0.25) is 0 Å². The molecular formula is C21H34O8. The molecule has 0 bridgehead atoms. The number of rotatable bonds is 2. The molecule has 166 valence electrons. The Hall–Kier alpha value is -0.610. The molecule has 1 spiro atoms. The fourth-order valence-electron chi connectivity index (χ4n) is 5.60. The minimum absolute atomic E-state index is 0.00624. The van der Waals surface area contributed by atoms with Crippen molar-refractivity contribution in [3.8, 4) is 0 Å². The molecule has 0 aliphatic carbocycles. The first-order valence-electron chi connectivity index (χ1n) is 10.8. The van der Waals surface area contributed by atoms with E-state index in [1.165, 1.54) is 6.92 Å². The Labute approximate surface area is 171 Å². The highest BCUT2D eigenvalue weighted by molar-refractivity contribution is 5.76. The van der Waals surface area contributed by atoms with Crippen LogP contribution in [0, 0.1) is 17.8 Å². The van der Waals surface area contributed by atoms with E-state index in [-0.39, 0.29) is 42.7 Å². The quantitative estimate of drug-likeness (QED) is 0.595. The third-order valence-corrected chi connectivity index (χ3v) is 7.52. The van der Waals surface area contributed by atoms with Crippen molar-refractivity contribution in [2.24, 2.45) is 17.8 Å². The van der Waals surface area contributed by atoms with Crippen LogP contribution in [0.1, 0.15) is 47.0 Å². The molecule has 0 aromatic carbocycles. The summed E-state index contributed by atoms with van der Waals surface area (Å²) in [5.41, 5.74) is 0. The summed E-state index contributed by atoms with van der Waals surface area (Å²) in [5.74, 6) is -1.34. The van der Waals surface area contributed by atoms with E-state index in [2.05, 4.69) is 6.92 Å². The smallest absolute Gasteiger partial charge is 0.174 e. The molecule has 1 unspecified atom stereocenters. The molecule has 0 saturated carbocycles. The SMILES string of the molecule is CC(=O)CC1O[C@@H]2[C@@H](C)[C@H](O)[C@@H]3O[C@]4(C[C@H](O)CO4)[C@@H](C)[C@H](C)[C@H]3O[C@H]2C[C@H]1O. The van der Waals surface area contributed by atoms with Gasteiger partial charge >= 0.3 is 0 Å². The second-order valence-electron chi connectivity index (χ2n) is 9.55. The first-order chi connectivity index (χ1) is 13.6. The van der Waals surface area contributed by atoms with Crippen molar-refractivity contribution < 1.29 is 39.1 Å². The number of carbonyl (C=O) groups excluding carboxylic acids is 1. The summed E-state index contributed by atoms with van der Waals surface area (Å²) in [6, 6.07) is 0. The van der Waals surface area contributed by atoms with Crippen molar-refractivity contribution in [2.45, 2.75) is 102 Å². The second kappa shape index (κ2) is 7.82. The number of aliphatic hydroxyl groups is 3. The molecular weight excluding hydrogens is 380 g/mol. The van der Waals surface area contributed by atoms with Crippen LogP contribution in [0.15, 0.2) is 0 Å². The molecule has 8 nitrogen and oxygen atoms in total. The fraction of sp³-hybridized carbons (Fsp3) is 0.952. The molecule has 4 saturated heterocycles. The first kappa shape index (κ1) is 21.6. The maximum atomic E-state index is 11.6. The minimum Gasteiger partial charge on any atom is -0.391 e. The molecule has 4 fully saturated rings. The van der Waals surface area contributed by atoms with Gasteiger partial charge in [-0.3, -0.25) is 4.79 Å². The molecule has 4 aliphatic heterocycles. The molecule has 29 heavy (non-hydrogen) atoms. The van der Waals surface area contributed by atoms with Gasteiger partial charge in [0.1, 0.15) is 11.9 Å². The van der Waals surface area contributed by atoms with Gasteiger partial charge in [0.25, 0.3) is 0 Å². The molecule has 0 amide bonds. The Morgan fingerprint density at radius 2 is 1.76 bits per heavy atom. The van der Waals surface area contributed by atoms with Crippen LogP contribution in [0.25, 0.3) is 0 Å². The Kier molecular flexibility index (Phi) is 5.83. The van der Waals surface area contributed by atoms with Crippen LogP contribution in [-0.4, -0.2) is 82.3 Å². The summed E-state index contributed by atoms with van der Waals surface area (Å²) in [4.78, 5) is 11.6. The van der Waals surface area contributed by atoms with E-state index in [0.29, 0.717) is 12.8 Å². The average molecular weight is 414 g/mol. The largest absolute Gasteiger partial charge is 0.391 e. The third-order valence-electron chi connectivity index (χ3n) is 7.52. The summed E-state index contributed by atoms with van der Waals surface area (Å²) < 4.78 is 24.8. The van der Waals surface area contributed by atoms with Gasteiger partial charge < -0.3 is 34.3 Å². The molecule has 12 atom stereocenters. The zero-order valence-corrected chi connectivity index (χ0v) is 17.6. The van der Waals surface area contributed by atoms with E-state index in [1.807, 2.05) is 13.8 Å². The first-order valence-corrected chi connectivity index (χ1v) is 10.8. The van der Waals surface area contributed by atoms with Crippen LogP contribution in [0.4, 0.5) is 0 Å². The molecule has 0 aromatic heterocycles.